The van der Waals surface area contributed by atoms with Crippen LogP contribution in [0.2, 0.25) is 0 Å². The molecule has 2 aromatic rings. The van der Waals surface area contributed by atoms with Crippen molar-refractivity contribution in [3.63, 3.8) is 0 Å². The first kappa shape index (κ1) is 12.5. The number of imidazole rings is 1. The minimum Gasteiger partial charge on any atom is -0.352 e. The summed E-state index contributed by atoms with van der Waals surface area (Å²) in [5, 5.41) is 3.10. The Kier molecular flexibility index (Phi) is 3.60. The van der Waals surface area contributed by atoms with Gasteiger partial charge in [-0.05, 0) is 31.5 Å². The van der Waals surface area contributed by atoms with Gasteiger partial charge in [-0.25, -0.2) is 13.8 Å². The van der Waals surface area contributed by atoms with Gasteiger partial charge in [0.05, 0.1) is 0 Å². The molecule has 0 bridgehead atoms. The molecule has 0 aliphatic rings. The molecule has 0 saturated heterocycles. The van der Waals surface area contributed by atoms with Crippen molar-refractivity contribution in [3.8, 4) is 0 Å². The molecule has 0 spiro atoms. The summed E-state index contributed by atoms with van der Waals surface area (Å²) in [5.41, 5.74) is 0.673. The van der Waals surface area contributed by atoms with Crippen molar-refractivity contribution in [2.45, 2.75) is 26.4 Å². The van der Waals surface area contributed by atoms with Crippen molar-refractivity contribution in [1.82, 2.24) is 9.55 Å². The van der Waals surface area contributed by atoms with E-state index in [2.05, 4.69) is 10.3 Å². The predicted octanol–water partition coefficient (Wildman–Crippen LogP) is 3.35. The van der Waals surface area contributed by atoms with E-state index in [9.17, 15) is 8.78 Å². The molecule has 2 rings (SSSR count). The lowest BCUT2D eigenvalue weighted by Crippen LogP contribution is -2.09. The number of rotatable bonds is 4. The SMILES string of the molecule is CC(C)n1ccnc1NCc1ccc(F)c(F)c1. The number of halogens is 2. The lowest BCUT2D eigenvalue weighted by atomic mass is 10.2. The number of hydrogen-bond donors (Lipinski definition) is 1. The largest absolute Gasteiger partial charge is 0.352 e. The average molecular weight is 251 g/mol. The molecule has 5 heteroatoms. The molecular formula is C13H15F2N3. The van der Waals surface area contributed by atoms with Gasteiger partial charge in [-0.15, -0.1) is 0 Å². The van der Waals surface area contributed by atoms with Crippen molar-refractivity contribution in [1.29, 1.82) is 0 Å². The number of hydrogen-bond acceptors (Lipinski definition) is 2. The van der Waals surface area contributed by atoms with Crippen molar-refractivity contribution >= 4 is 5.95 Å². The van der Waals surface area contributed by atoms with Crippen LogP contribution in [-0.2, 0) is 6.54 Å². The molecule has 0 aliphatic carbocycles. The zero-order valence-corrected chi connectivity index (χ0v) is 10.3. The van der Waals surface area contributed by atoms with Gasteiger partial charge in [-0.1, -0.05) is 6.07 Å². The highest BCUT2D eigenvalue weighted by Crippen LogP contribution is 2.14. The smallest absolute Gasteiger partial charge is 0.203 e. The topological polar surface area (TPSA) is 29.9 Å². The van der Waals surface area contributed by atoms with Crippen molar-refractivity contribution in [2.75, 3.05) is 5.32 Å². The maximum absolute atomic E-state index is 13.0. The summed E-state index contributed by atoms with van der Waals surface area (Å²) < 4.78 is 27.8. The van der Waals surface area contributed by atoms with Crippen molar-refractivity contribution in [3.05, 3.63) is 47.8 Å². The number of nitrogens with zero attached hydrogens (tertiary/aromatic N) is 2. The molecule has 1 aromatic heterocycles. The molecule has 3 nitrogen and oxygen atoms in total. The molecule has 0 fully saturated rings. The average Bonchev–Trinajstić information content (AvgIpc) is 2.79. The van der Waals surface area contributed by atoms with Crippen LogP contribution in [0.3, 0.4) is 0 Å². The lowest BCUT2D eigenvalue weighted by molar-refractivity contribution is 0.507. The summed E-state index contributed by atoms with van der Waals surface area (Å²) in [6.45, 7) is 4.50. The fourth-order valence-corrected chi connectivity index (χ4v) is 1.70. The van der Waals surface area contributed by atoms with Gasteiger partial charge in [-0.3, -0.25) is 0 Å². The number of aromatic nitrogens is 2. The summed E-state index contributed by atoms with van der Waals surface area (Å²) in [6, 6.07) is 4.15. The van der Waals surface area contributed by atoms with Gasteiger partial charge < -0.3 is 9.88 Å². The van der Waals surface area contributed by atoms with E-state index in [1.54, 1.807) is 12.3 Å². The van der Waals surface area contributed by atoms with E-state index in [0.717, 1.165) is 12.0 Å². The van der Waals surface area contributed by atoms with Gasteiger partial charge in [0.25, 0.3) is 0 Å². The van der Waals surface area contributed by atoms with E-state index in [0.29, 0.717) is 18.2 Å². The zero-order valence-electron chi connectivity index (χ0n) is 10.3. The van der Waals surface area contributed by atoms with Crippen molar-refractivity contribution < 1.29 is 8.78 Å². The Morgan fingerprint density at radius 3 is 2.72 bits per heavy atom. The van der Waals surface area contributed by atoms with Crippen LogP contribution < -0.4 is 5.32 Å². The third kappa shape index (κ3) is 2.67. The summed E-state index contributed by atoms with van der Waals surface area (Å²) in [6.07, 6.45) is 3.58. The van der Waals surface area contributed by atoms with Crippen LogP contribution in [0.25, 0.3) is 0 Å². The highest BCUT2D eigenvalue weighted by molar-refractivity contribution is 5.29. The first-order valence-corrected chi connectivity index (χ1v) is 5.78. The molecule has 0 saturated carbocycles. The van der Waals surface area contributed by atoms with Crippen LogP contribution >= 0.6 is 0 Å². The fraction of sp³-hybridized carbons (Fsp3) is 0.308. The van der Waals surface area contributed by atoms with Gasteiger partial charge in [0.2, 0.25) is 5.95 Å². The maximum atomic E-state index is 13.0. The Balaban J connectivity index is 2.07. The van der Waals surface area contributed by atoms with E-state index in [1.807, 2.05) is 24.6 Å². The molecule has 18 heavy (non-hydrogen) atoms. The quantitative estimate of drug-likeness (QED) is 0.903. The predicted molar refractivity (Wildman–Crippen MR) is 66.3 cm³/mol. The van der Waals surface area contributed by atoms with Gasteiger partial charge in [0, 0.05) is 25.0 Å². The standard InChI is InChI=1S/C13H15F2N3/c1-9(2)18-6-5-16-13(18)17-8-10-3-4-11(14)12(15)7-10/h3-7,9H,8H2,1-2H3,(H,16,17). The number of nitrogens with one attached hydrogen (secondary N) is 1. The van der Waals surface area contributed by atoms with Crippen molar-refractivity contribution in [2.24, 2.45) is 0 Å². The summed E-state index contributed by atoms with van der Waals surface area (Å²) in [4.78, 5) is 4.18. The Labute approximate surface area is 104 Å². The minimum absolute atomic E-state index is 0.292. The minimum atomic E-state index is -0.832. The van der Waals surface area contributed by atoms with Crippen LogP contribution in [0.1, 0.15) is 25.5 Å². The van der Waals surface area contributed by atoms with E-state index >= 15 is 0 Å². The van der Waals surface area contributed by atoms with Crippen LogP contribution in [-0.4, -0.2) is 9.55 Å². The van der Waals surface area contributed by atoms with Crippen LogP contribution in [0, 0.1) is 11.6 Å². The van der Waals surface area contributed by atoms with E-state index in [4.69, 9.17) is 0 Å². The molecule has 0 atom stereocenters. The monoisotopic (exact) mass is 251 g/mol. The van der Waals surface area contributed by atoms with Gasteiger partial charge in [0.15, 0.2) is 11.6 Å². The Bertz CT molecular complexity index is 535. The summed E-state index contributed by atoms with van der Waals surface area (Å²) in [7, 11) is 0. The van der Waals surface area contributed by atoms with Gasteiger partial charge in [0.1, 0.15) is 0 Å². The van der Waals surface area contributed by atoms with Crippen LogP contribution in [0.4, 0.5) is 14.7 Å². The molecule has 0 amide bonds. The second-order valence-corrected chi connectivity index (χ2v) is 4.35. The number of benzene rings is 1. The normalized spacial score (nSPS) is 10.9. The maximum Gasteiger partial charge on any atom is 0.203 e. The summed E-state index contributed by atoms with van der Waals surface area (Å²) >= 11 is 0. The van der Waals surface area contributed by atoms with E-state index in [1.165, 1.54) is 6.07 Å². The highest BCUT2D eigenvalue weighted by atomic mass is 19.2. The lowest BCUT2D eigenvalue weighted by Gasteiger charge is -2.12. The van der Waals surface area contributed by atoms with E-state index in [-0.39, 0.29) is 0 Å². The van der Waals surface area contributed by atoms with Crippen LogP contribution in [0.15, 0.2) is 30.6 Å². The zero-order chi connectivity index (χ0) is 13.1. The molecular weight excluding hydrogens is 236 g/mol. The highest BCUT2D eigenvalue weighted by Gasteiger charge is 2.06. The Morgan fingerprint density at radius 2 is 2.06 bits per heavy atom. The third-order valence-corrected chi connectivity index (χ3v) is 2.66. The second kappa shape index (κ2) is 5.16. The van der Waals surface area contributed by atoms with E-state index < -0.39 is 11.6 Å². The van der Waals surface area contributed by atoms with Gasteiger partial charge in [-0.2, -0.15) is 0 Å². The molecule has 96 valence electrons. The molecule has 0 unspecified atom stereocenters. The second-order valence-electron chi connectivity index (χ2n) is 4.35. The van der Waals surface area contributed by atoms with Gasteiger partial charge >= 0.3 is 0 Å². The van der Waals surface area contributed by atoms with Crippen LogP contribution in [0.5, 0.6) is 0 Å². The fourth-order valence-electron chi connectivity index (χ4n) is 1.70. The third-order valence-electron chi connectivity index (χ3n) is 2.66. The molecule has 1 N–H and O–H groups in total. The molecule has 1 aromatic carbocycles. The molecule has 0 radical (unpaired) electrons. The number of anilines is 1. The first-order valence-electron chi connectivity index (χ1n) is 5.78. The molecule has 0 aliphatic heterocycles. The molecule has 1 heterocycles. The summed E-state index contributed by atoms with van der Waals surface area (Å²) in [5.74, 6) is -0.946. The first-order chi connectivity index (χ1) is 8.58. The Hall–Kier alpha value is -1.91. The Morgan fingerprint density at radius 1 is 1.28 bits per heavy atom.